The third-order valence-electron chi connectivity index (χ3n) is 17.4. The second kappa shape index (κ2) is 48.1. The number of nitrogens with zero attached hydrogens (tertiary/aromatic N) is 3. The SMILES string of the molecule is [C-]#[N+]C(C)(CCC(=O)CCCOCCOCCC(=O)CCCCCCO[C@@H]1O[C@H](CO)[C@H](O)[C@H](O)[C@H]1NC(C)=O)CC(C)(CC(C)(CC(C)(CC(CCC)(C(=O)O)C(C)(SC(=S)SCC)C(=O)OCCSSc1ccccn1)C(=O)OCCCC)C(=O)OCCN(C)C)C(=O)OCCOC. The number of aliphatic hydroxyl groups is 3. The number of Topliss-reactive ketones (excluding diaryl/α,β-unsaturated/α-hetero) is 2. The topological polar surface area (TPSA) is 333 Å². The van der Waals surface area contributed by atoms with Crippen LogP contribution in [0.1, 0.15) is 178 Å². The van der Waals surface area contributed by atoms with Gasteiger partial charge >= 0.3 is 29.8 Å². The Morgan fingerprint density at radius 2 is 1.30 bits per heavy atom. The average molecular weight is 1510 g/mol. The van der Waals surface area contributed by atoms with Crippen LogP contribution in [0.25, 0.3) is 4.85 Å². The van der Waals surface area contributed by atoms with E-state index in [1.54, 1.807) is 59.0 Å². The van der Waals surface area contributed by atoms with Crippen LogP contribution in [0.4, 0.5) is 0 Å². The van der Waals surface area contributed by atoms with Crippen LogP contribution in [0, 0.1) is 28.2 Å². The lowest BCUT2D eigenvalue weighted by Gasteiger charge is -2.48. The van der Waals surface area contributed by atoms with Crippen LogP contribution >= 0.6 is 57.3 Å². The van der Waals surface area contributed by atoms with Gasteiger partial charge in [-0.1, -0.05) is 87.3 Å². The molecule has 0 saturated carbocycles. The molecule has 0 radical (unpaired) electrons. The predicted molar refractivity (Wildman–Crippen MR) is 390 cm³/mol. The highest BCUT2D eigenvalue weighted by atomic mass is 33.1. The third-order valence-corrected chi connectivity index (χ3v) is 22.5. The average Bonchev–Trinajstić information content (AvgIpc) is 0.733. The molecule has 0 aromatic carbocycles. The molecule has 0 aliphatic carbocycles. The van der Waals surface area contributed by atoms with E-state index >= 15 is 14.4 Å². The van der Waals surface area contributed by atoms with Gasteiger partial charge in [-0.2, -0.15) is 0 Å². The number of esters is 4. The summed E-state index contributed by atoms with van der Waals surface area (Å²) in [4.78, 5) is 123. The first kappa shape index (κ1) is 92.0. The molecule has 1 aromatic heterocycles. The van der Waals surface area contributed by atoms with E-state index in [1.807, 2.05) is 26.0 Å². The molecular weight excluding hydrogens is 1390 g/mol. The van der Waals surface area contributed by atoms with Gasteiger partial charge in [0.05, 0.1) is 61.3 Å². The van der Waals surface area contributed by atoms with E-state index in [-0.39, 0.29) is 126 Å². The summed E-state index contributed by atoms with van der Waals surface area (Å²) < 4.78 is 50.2. The van der Waals surface area contributed by atoms with Crippen molar-refractivity contribution in [2.24, 2.45) is 21.7 Å². The fourth-order valence-corrected chi connectivity index (χ4v) is 17.1. The molecule has 1 aliphatic heterocycles. The number of ether oxygens (including phenoxy) is 9. The molecule has 30 heteroatoms. The Balaban J connectivity index is 2.32. The normalized spacial score (nSPS) is 19.8. The number of hydrogen-bond acceptors (Lipinski definition) is 27. The molecule has 0 bridgehead atoms. The molecule has 25 nitrogen and oxygen atoms in total. The smallest absolute Gasteiger partial charge is 0.323 e. The van der Waals surface area contributed by atoms with E-state index in [0.717, 1.165) is 29.6 Å². The van der Waals surface area contributed by atoms with Gasteiger partial charge in [0.1, 0.15) is 69.0 Å². The van der Waals surface area contributed by atoms with Crippen molar-refractivity contribution >= 4 is 108 Å². The number of rotatable bonds is 55. The summed E-state index contributed by atoms with van der Waals surface area (Å²) in [5.74, 6) is -4.47. The molecule has 6 unspecified atom stereocenters. The number of nitrogens with one attached hydrogen (secondary N) is 1. The Labute approximate surface area is 614 Å². The van der Waals surface area contributed by atoms with Crippen LogP contribution in [0.5, 0.6) is 0 Å². The van der Waals surface area contributed by atoms with Crippen LogP contribution in [0.2, 0.25) is 0 Å². The Hall–Kier alpha value is -4.07. The molecule has 1 aliphatic rings. The highest BCUT2D eigenvalue weighted by Crippen LogP contribution is 2.58. The molecular formula is C70H114N4O21S5. The molecule has 570 valence electrons. The zero-order chi connectivity index (χ0) is 75.0. The Bertz CT molecular complexity index is 2720. The Morgan fingerprint density at radius 3 is 1.89 bits per heavy atom. The van der Waals surface area contributed by atoms with E-state index in [2.05, 4.69) is 15.1 Å². The van der Waals surface area contributed by atoms with Gasteiger partial charge in [-0.15, -0.1) is 11.8 Å². The number of carboxylic acids is 1. The largest absolute Gasteiger partial charge is 0.481 e. The number of ketones is 2. The molecule has 0 spiro atoms. The number of aromatic nitrogens is 1. The summed E-state index contributed by atoms with van der Waals surface area (Å²) in [7, 11) is 7.80. The van der Waals surface area contributed by atoms with Crippen LogP contribution in [0.3, 0.4) is 0 Å². The van der Waals surface area contributed by atoms with Crippen molar-refractivity contribution < 1.29 is 101 Å². The summed E-state index contributed by atoms with van der Waals surface area (Å²) in [5, 5.41) is 45.3. The molecule has 1 amide bonds. The minimum absolute atomic E-state index is 0.0137. The van der Waals surface area contributed by atoms with Gasteiger partial charge < -0.3 is 78.1 Å². The highest BCUT2D eigenvalue weighted by molar-refractivity contribution is 8.76. The first-order valence-corrected chi connectivity index (χ1v) is 39.1. The van der Waals surface area contributed by atoms with E-state index < -0.39 is 124 Å². The number of pyridine rings is 1. The monoisotopic (exact) mass is 1510 g/mol. The number of thiocarbonyl (C=S) groups is 1. The number of carbonyl (C=O) groups is 8. The lowest BCUT2D eigenvalue weighted by Crippen LogP contribution is -2.64. The van der Waals surface area contributed by atoms with Gasteiger partial charge in [0.2, 0.25) is 11.4 Å². The minimum Gasteiger partial charge on any atom is -0.481 e. The fourth-order valence-electron chi connectivity index (χ4n) is 12.3. The first-order chi connectivity index (χ1) is 47.3. The molecule has 11 atom stereocenters. The van der Waals surface area contributed by atoms with Gasteiger partial charge in [0.25, 0.3) is 0 Å². The Kier molecular flexibility index (Phi) is 44.3. The number of amides is 1. The van der Waals surface area contributed by atoms with Crippen LogP contribution < -0.4 is 5.32 Å². The first-order valence-electron chi connectivity index (χ1n) is 34.6. The fraction of sp³-hybridized carbons (Fsp3) is 0.786. The second-order valence-corrected chi connectivity index (χ2v) is 33.2. The number of likely N-dealkylation sites (N-methyl/N-ethyl adjacent to an activating group) is 1. The van der Waals surface area contributed by atoms with E-state index in [4.69, 9.17) is 61.4 Å². The Morgan fingerprint density at radius 1 is 0.690 bits per heavy atom. The van der Waals surface area contributed by atoms with E-state index in [1.165, 1.54) is 61.2 Å². The van der Waals surface area contributed by atoms with E-state index in [0.29, 0.717) is 56.6 Å². The maximum Gasteiger partial charge on any atom is 0.323 e. The number of carboxylic acid groups (broad SMARTS) is 1. The molecule has 2 rings (SSSR count). The summed E-state index contributed by atoms with van der Waals surface area (Å²) in [6.45, 7) is 23.6. The highest BCUT2D eigenvalue weighted by Gasteiger charge is 2.65. The summed E-state index contributed by atoms with van der Waals surface area (Å²) in [5.41, 5.74) is -9.06. The van der Waals surface area contributed by atoms with Crippen molar-refractivity contribution in [3.05, 3.63) is 35.8 Å². The molecule has 100 heavy (non-hydrogen) atoms. The quantitative estimate of drug-likeness (QED) is 0.0101. The van der Waals surface area contributed by atoms with Crippen molar-refractivity contribution in [2.75, 3.05) is 112 Å². The maximum absolute atomic E-state index is 15.3. The summed E-state index contributed by atoms with van der Waals surface area (Å²) in [6, 6.07) is 4.48. The molecule has 1 fully saturated rings. The number of methoxy groups -OCH3 is 1. The lowest BCUT2D eigenvalue weighted by atomic mass is 9.57. The van der Waals surface area contributed by atoms with Crippen molar-refractivity contribution in [1.82, 2.24) is 15.2 Å². The van der Waals surface area contributed by atoms with Crippen LogP contribution in [-0.2, 0) is 81.0 Å². The lowest BCUT2D eigenvalue weighted by molar-refractivity contribution is -0.270. The summed E-state index contributed by atoms with van der Waals surface area (Å²) in [6.07, 6.45) is 0.0664. The van der Waals surface area contributed by atoms with Gasteiger partial charge in [0.15, 0.2) is 6.29 Å². The summed E-state index contributed by atoms with van der Waals surface area (Å²) >= 11 is 7.98. The van der Waals surface area contributed by atoms with Gasteiger partial charge in [-0.25, -0.2) is 11.6 Å². The molecule has 5 N–H and O–H groups in total. The minimum atomic E-state index is -2.14. The van der Waals surface area contributed by atoms with Crippen molar-refractivity contribution in [2.45, 2.75) is 224 Å². The number of aliphatic carboxylic acids is 1. The van der Waals surface area contributed by atoms with Gasteiger partial charge in [0, 0.05) is 91.2 Å². The molecule has 1 aromatic rings. The van der Waals surface area contributed by atoms with Crippen molar-refractivity contribution in [3.8, 4) is 0 Å². The van der Waals surface area contributed by atoms with Crippen molar-refractivity contribution in [1.29, 1.82) is 0 Å². The number of hydrogen-bond donors (Lipinski definition) is 5. The third kappa shape index (κ3) is 31.7. The predicted octanol–water partition coefficient (Wildman–Crippen LogP) is 9.69. The number of carbonyl (C=O) groups excluding carboxylic acids is 7. The van der Waals surface area contributed by atoms with Crippen molar-refractivity contribution in [3.63, 3.8) is 0 Å². The maximum atomic E-state index is 15.3. The molecule has 2 heterocycles. The van der Waals surface area contributed by atoms with Gasteiger partial charge in [-0.3, -0.25) is 38.4 Å². The van der Waals surface area contributed by atoms with Crippen LogP contribution in [-0.4, -0.2) is 234 Å². The zero-order valence-corrected chi connectivity index (χ0v) is 65.0. The number of aliphatic hydroxyl groups excluding tert-OH is 3. The molecule has 1 saturated heterocycles. The zero-order valence-electron chi connectivity index (χ0n) is 60.9. The van der Waals surface area contributed by atoms with Gasteiger partial charge in [-0.05, 0) is 122 Å². The van der Waals surface area contributed by atoms with E-state index in [9.17, 15) is 44.4 Å². The standard InChI is InChI=1S/C70H114N4O21S5/c1-14-17-35-91-62(85)67(7,49-70(30-15-2,59(81)82)69(9,99-64(96)97-16-3)63(86)94-43-44-98-100-54-27-21-22-32-72-54)47-65(5,60(83)92-38-33-74(11)12)46-66(6,61(84)93-42-39-87-13)48-68(8,71-10)31-28-51(77)26-24-34-88-40-41-89-37-29-52(78)25-20-18-19-23-36-90-58-55(73-50(4)76)57(80)56(79)53(45-75)95-58/h21-22,27,32,53,55-58,75,79-80H,14-20,23-26,28-31,33-49H2,1-9,11-13H3,(H,73,76)(H,81,82)/t53-,55-,56+,57-,58-,65?,66?,67?,68?,69?,70?/m1/s1. The second-order valence-electron chi connectivity index (χ2n) is 26.8. The number of unbranched alkanes of at least 4 members (excludes halogenated alkanes) is 4. The number of thioether (sulfide) groups is 2. The van der Waals surface area contributed by atoms with Crippen LogP contribution in [0.15, 0.2) is 29.4 Å².